The smallest absolute Gasteiger partial charge is 0.255 e. The van der Waals surface area contributed by atoms with Crippen molar-refractivity contribution in [2.45, 2.75) is 45.4 Å². The van der Waals surface area contributed by atoms with Crippen molar-refractivity contribution in [3.63, 3.8) is 0 Å². The Morgan fingerprint density at radius 2 is 1.94 bits per heavy atom. The van der Waals surface area contributed by atoms with Crippen molar-refractivity contribution < 1.29 is 4.52 Å². The number of rotatable bonds is 6. The molecule has 162 valence electrons. The van der Waals surface area contributed by atoms with Crippen molar-refractivity contribution in [3.05, 3.63) is 87.2 Å². The molecule has 0 spiro atoms. The number of hydrogen-bond donors (Lipinski definition) is 0. The highest BCUT2D eigenvalue weighted by Gasteiger charge is 2.34. The van der Waals surface area contributed by atoms with Crippen LogP contribution in [0.3, 0.4) is 0 Å². The van der Waals surface area contributed by atoms with Gasteiger partial charge in [-0.15, -0.1) is 0 Å². The summed E-state index contributed by atoms with van der Waals surface area (Å²) in [5, 5.41) is 3.95. The van der Waals surface area contributed by atoms with Gasteiger partial charge in [0.1, 0.15) is 0 Å². The van der Waals surface area contributed by atoms with E-state index in [0.717, 1.165) is 43.2 Å². The zero-order chi connectivity index (χ0) is 21.4. The van der Waals surface area contributed by atoms with Crippen LogP contribution in [0.5, 0.6) is 0 Å². The second-order valence-corrected chi connectivity index (χ2v) is 9.28. The highest BCUT2D eigenvalue weighted by Crippen LogP contribution is 2.35. The summed E-state index contributed by atoms with van der Waals surface area (Å²) in [6.07, 6.45) is 1.19. The minimum absolute atomic E-state index is 0.171. The molecule has 4 heterocycles. The molecule has 1 aromatic carbocycles. The van der Waals surface area contributed by atoms with Crippen LogP contribution >= 0.6 is 0 Å². The second-order valence-electron chi connectivity index (χ2n) is 9.28. The van der Waals surface area contributed by atoms with Crippen LogP contribution in [0.4, 0.5) is 0 Å². The van der Waals surface area contributed by atoms with Crippen LogP contribution < -0.4 is 5.56 Å². The Hall–Kier alpha value is -2.70. The standard InChI is InChI=1S/C25H30N4O2/c1-18-10-23(31-26-18)17-27(2)15-21-8-9-24-22-11-20(14-29(24)25(21)30)13-28(16-22)12-19-6-4-3-5-7-19/h3-10,20,22H,11-17H2,1-2H3/t20-,22+/m0/s1. The molecule has 6 heteroatoms. The lowest BCUT2D eigenvalue weighted by molar-refractivity contribution is 0.114. The molecule has 0 unspecified atom stereocenters. The van der Waals surface area contributed by atoms with Gasteiger partial charge in [0.25, 0.3) is 5.56 Å². The van der Waals surface area contributed by atoms with E-state index in [1.54, 1.807) is 0 Å². The van der Waals surface area contributed by atoms with E-state index in [2.05, 4.69) is 55.9 Å². The molecule has 0 amide bonds. The number of pyridine rings is 1. The molecule has 2 bridgehead atoms. The summed E-state index contributed by atoms with van der Waals surface area (Å²) in [6.45, 7) is 7.06. The maximum Gasteiger partial charge on any atom is 0.255 e. The second kappa shape index (κ2) is 8.44. The minimum Gasteiger partial charge on any atom is -0.360 e. The van der Waals surface area contributed by atoms with Crippen LogP contribution in [0.2, 0.25) is 0 Å². The Labute approximate surface area is 183 Å². The van der Waals surface area contributed by atoms with Crippen LogP contribution in [0, 0.1) is 12.8 Å². The first-order valence-corrected chi connectivity index (χ1v) is 11.1. The fourth-order valence-electron chi connectivity index (χ4n) is 5.28. The average Bonchev–Trinajstić information content (AvgIpc) is 3.15. The van der Waals surface area contributed by atoms with Gasteiger partial charge >= 0.3 is 0 Å². The molecule has 6 nitrogen and oxygen atoms in total. The largest absolute Gasteiger partial charge is 0.360 e. The zero-order valence-corrected chi connectivity index (χ0v) is 18.3. The van der Waals surface area contributed by atoms with Gasteiger partial charge in [0, 0.05) is 56.0 Å². The van der Waals surface area contributed by atoms with Crippen molar-refractivity contribution in [2.75, 3.05) is 20.1 Å². The Morgan fingerprint density at radius 1 is 1.10 bits per heavy atom. The van der Waals surface area contributed by atoms with Crippen molar-refractivity contribution >= 4 is 0 Å². The zero-order valence-electron chi connectivity index (χ0n) is 18.3. The molecule has 0 radical (unpaired) electrons. The van der Waals surface area contributed by atoms with E-state index >= 15 is 0 Å². The minimum atomic E-state index is 0.171. The third-order valence-corrected chi connectivity index (χ3v) is 6.55. The van der Waals surface area contributed by atoms with Gasteiger partial charge in [0.2, 0.25) is 0 Å². The first kappa shape index (κ1) is 20.2. The van der Waals surface area contributed by atoms with Gasteiger partial charge in [-0.05, 0) is 37.9 Å². The van der Waals surface area contributed by atoms with Gasteiger partial charge in [0.05, 0.1) is 12.2 Å². The van der Waals surface area contributed by atoms with E-state index in [4.69, 9.17) is 4.52 Å². The van der Waals surface area contributed by atoms with Gasteiger partial charge in [0.15, 0.2) is 5.76 Å². The fourth-order valence-corrected chi connectivity index (χ4v) is 5.28. The first-order chi connectivity index (χ1) is 15.0. The summed E-state index contributed by atoms with van der Waals surface area (Å²) in [6, 6.07) is 16.9. The first-order valence-electron chi connectivity index (χ1n) is 11.1. The Bertz CT molecular complexity index is 1100. The van der Waals surface area contributed by atoms with E-state index in [9.17, 15) is 4.79 Å². The number of fused-ring (bicyclic) bond motifs is 4. The molecule has 2 aromatic heterocycles. The molecule has 0 N–H and O–H groups in total. The quantitative estimate of drug-likeness (QED) is 0.614. The highest BCUT2D eigenvalue weighted by molar-refractivity contribution is 5.23. The van der Waals surface area contributed by atoms with Crippen molar-refractivity contribution in [3.8, 4) is 0 Å². The third-order valence-electron chi connectivity index (χ3n) is 6.55. The van der Waals surface area contributed by atoms with Crippen molar-refractivity contribution in [2.24, 2.45) is 5.92 Å². The average molecular weight is 419 g/mol. The lowest BCUT2D eigenvalue weighted by Crippen LogP contribution is -2.47. The lowest BCUT2D eigenvalue weighted by atomic mass is 9.83. The molecular formula is C25H30N4O2. The van der Waals surface area contributed by atoms with E-state index in [-0.39, 0.29) is 5.56 Å². The summed E-state index contributed by atoms with van der Waals surface area (Å²) in [5.74, 6) is 1.80. The Morgan fingerprint density at radius 3 is 2.71 bits per heavy atom. The summed E-state index contributed by atoms with van der Waals surface area (Å²) < 4.78 is 7.37. The molecule has 2 aliphatic rings. The Balaban J connectivity index is 1.30. The molecule has 2 atom stereocenters. The number of likely N-dealkylation sites (tertiary alicyclic amines) is 1. The number of aryl methyl sites for hydroxylation is 1. The predicted molar refractivity (Wildman–Crippen MR) is 120 cm³/mol. The van der Waals surface area contributed by atoms with Crippen LogP contribution in [0.25, 0.3) is 0 Å². The van der Waals surface area contributed by atoms with Crippen LogP contribution in [0.1, 0.15) is 40.6 Å². The summed E-state index contributed by atoms with van der Waals surface area (Å²) in [4.78, 5) is 18.0. The van der Waals surface area contributed by atoms with Gasteiger partial charge in [-0.25, -0.2) is 0 Å². The van der Waals surface area contributed by atoms with Crippen molar-refractivity contribution in [1.82, 2.24) is 19.5 Å². The lowest BCUT2D eigenvalue weighted by Gasteiger charge is -2.43. The van der Waals surface area contributed by atoms with E-state index < -0.39 is 0 Å². The molecule has 5 rings (SSSR count). The van der Waals surface area contributed by atoms with Crippen LogP contribution in [0.15, 0.2) is 57.8 Å². The molecule has 2 aliphatic heterocycles. The van der Waals surface area contributed by atoms with Gasteiger partial charge in [-0.1, -0.05) is 41.6 Å². The molecule has 1 saturated heterocycles. The summed E-state index contributed by atoms with van der Waals surface area (Å²) in [7, 11) is 2.01. The van der Waals surface area contributed by atoms with Gasteiger partial charge < -0.3 is 9.09 Å². The number of aromatic nitrogens is 2. The number of benzene rings is 1. The molecule has 0 aliphatic carbocycles. The molecule has 3 aromatic rings. The predicted octanol–water partition coefficient (Wildman–Crippen LogP) is 3.40. The monoisotopic (exact) mass is 418 g/mol. The van der Waals surface area contributed by atoms with E-state index in [0.29, 0.717) is 24.9 Å². The molecular weight excluding hydrogens is 388 g/mol. The third kappa shape index (κ3) is 4.36. The molecule has 31 heavy (non-hydrogen) atoms. The number of hydrogen-bond acceptors (Lipinski definition) is 5. The summed E-state index contributed by atoms with van der Waals surface area (Å²) in [5.41, 5.74) is 4.47. The summed E-state index contributed by atoms with van der Waals surface area (Å²) >= 11 is 0. The van der Waals surface area contributed by atoms with Crippen molar-refractivity contribution in [1.29, 1.82) is 0 Å². The topological polar surface area (TPSA) is 54.5 Å². The number of nitrogens with zero attached hydrogens (tertiary/aromatic N) is 4. The molecule has 1 fully saturated rings. The normalized spacial score (nSPS) is 20.7. The van der Waals surface area contributed by atoms with E-state index in [1.807, 2.05) is 26.1 Å². The van der Waals surface area contributed by atoms with E-state index in [1.165, 1.54) is 17.7 Å². The van der Waals surface area contributed by atoms with Crippen LogP contribution in [-0.4, -0.2) is 39.7 Å². The number of piperidine rings is 1. The highest BCUT2D eigenvalue weighted by atomic mass is 16.5. The van der Waals surface area contributed by atoms with Gasteiger partial charge in [-0.2, -0.15) is 0 Å². The Kier molecular flexibility index (Phi) is 5.50. The maximum absolute atomic E-state index is 13.3. The van der Waals surface area contributed by atoms with Gasteiger partial charge in [-0.3, -0.25) is 14.6 Å². The van der Waals surface area contributed by atoms with Crippen LogP contribution in [-0.2, 0) is 26.2 Å². The SMILES string of the molecule is Cc1cc(CN(C)Cc2ccc3n(c2=O)C[C@H]2C[C@@H]3CN(Cc3ccccc3)C2)on1. The maximum atomic E-state index is 13.3. The fraction of sp³-hybridized carbons (Fsp3) is 0.440. The molecule has 0 saturated carbocycles.